The van der Waals surface area contributed by atoms with Crippen LogP contribution >= 0.6 is 0 Å². The molecule has 0 radical (unpaired) electrons. The van der Waals surface area contributed by atoms with E-state index in [-0.39, 0.29) is 0 Å². The molecule has 1 N–H and O–H groups in total. The fraction of sp³-hybridized carbons (Fsp3) is 0.667. The summed E-state index contributed by atoms with van der Waals surface area (Å²) in [5, 5.41) is 3.64. The molecule has 1 aliphatic carbocycles. The monoisotopic (exact) mass is 287 g/mol. The molecule has 0 spiro atoms. The highest BCUT2D eigenvalue weighted by molar-refractivity contribution is 5.18. The lowest BCUT2D eigenvalue weighted by Gasteiger charge is -2.35. The summed E-state index contributed by atoms with van der Waals surface area (Å²) in [5.41, 5.74) is 1.43. The van der Waals surface area contributed by atoms with Crippen molar-refractivity contribution in [3.05, 3.63) is 35.9 Å². The summed E-state index contributed by atoms with van der Waals surface area (Å²) in [6.45, 7) is 9.52. The zero-order valence-electron chi connectivity index (χ0n) is 13.3. The predicted octanol–water partition coefficient (Wildman–Crippen LogP) is 2.51. The summed E-state index contributed by atoms with van der Waals surface area (Å²) in [6.07, 6.45) is 4.09. The van der Waals surface area contributed by atoms with E-state index in [2.05, 4.69) is 52.4 Å². The Morgan fingerprint density at radius 1 is 1.10 bits per heavy atom. The van der Waals surface area contributed by atoms with Crippen LogP contribution in [0.4, 0.5) is 0 Å². The van der Waals surface area contributed by atoms with E-state index in [9.17, 15) is 0 Å². The summed E-state index contributed by atoms with van der Waals surface area (Å²) >= 11 is 0. The van der Waals surface area contributed by atoms with Crippen molar-refractivity contribution in [3.63, 3.8) is 0 Å². The van der Waals surface area contributed by atoms with E-state index in [4.69, 9.17) is 0 Å². The maximum atomic E-state index is 3.64. The Bertz CT molecular complexity index is 408. The second-order valence-electron chi connectivity index (χ2n) is 6.42. The smallest absolute Gasteiger partial charge is 0.0332 e. The number of nitrogens with one attached hydrogen (secondary N) is 1. The van der Waals surface area contributed by atoms with Crippen LogP contribution in [0.3, 0.4) is 0 Å². The Balaban J connectivity index is 1.46. The third kappa shape index (κ3) is 4.29. The minimum Gasteiger partial charge on any atom is -0.310 e. The average Bonchev–Trinajstić information content (AvgIpc) is 3.38. The zero-order valence-corrected chi connectivity index (χ0v) is 13.3. The first kappa shape index (κ1) is 15.0. The molecule has 3 rings (SSSR count). The van der Waals surface area contributed by atoms with Crippen molar-refractivity contribution in [1.29, 1.82) is 0 Å². The predicted molar refractivity (Wildman–Crippen MR) is 88.5 cm³/mol. The van der Waals surface area contributed by atoms with Crippen LogP contribution in [0.25, 0.3) is 0 Å². The van der Waals surface area contributed by atoms with Gasteiger partial charge in [0.25, 0.3) is 0 Å². The van der Waals surface area contributed by atoms with Crippen LogP contribution in [0, 0.1) is 0 Å². The first-order valence-corrected chi connectivity index (χ1v) is 8.61. The first-order valence-electron chi connectivity index (χ1n) is 8.61. The Morgan fingerprint density at radius 2 is 1.81 bits per heavy atom. The van der Waals surface area contributed by atoms with Crippen LogP contribution < -0.4 is 5.32 Å². The molecule has 1 heterocycles. The molecule has 3 nitrogen and oxygen atoms in total. The number of piperazine rings is 1. The largest absolute Gasteiger partial charge is 0.310 e. The van der Waals surface area contributed by atoms with E-state index in [1.165, 1.54) is 57.5 Å². The van der Waals surface area contributed by atoms with Crippen molar-refractivity contribution in [2.75, 3.05) is 39.3 Å². The Kier molecular flexibility index (Phi) is 5.28. The van der Waals surface area contributed by atoms with Crippen molar-refractivity contribution >= 4 is 0 Å². The van der Waals surface area contributed by atoms with Crippen molar-refractivity contribution in [2.24, 2.45) is 0 Å². The topological polar surface area (TPSA) is 18.5 Å². The molecule has 2 aliphatic rings. The summed E-state index contributed by atoms with van der Waals surface area (Å²) in [5.74, 6) is 0. The number of hydrogen-bond donors (Lipinski definition) is 1. The summed E-state index contributed by atoms with van der Waals surface area (Å²) < 4.78 is 0. The molecule has 2 fully saturated rings. The van der Waals surface area contributed by atoms with E-state index >= 15 is 0 Å². The molecular formula is C18H29N3. The Morgan fingerprint density at radius 3 is 2.43 bits per heavy atom. The third-order valence-electron chi connectivity index (χ3n) is 4.86. The van der Waals surface area contributed by atoms with E-state index in [1.54, 1.807) is 0 Å². The van der Waals surface area contributed by atoms with E-state index in [0.29, 0.717) is 6.04 Å². The minimum atomic E-state index is 0.498. The molecule has 1 unspecified atom stereocenters. The third-order valence-corrected chi connectivity index (χ3v) is 4.86. The van der Waals surface area contributed by atoms with Crippen LogP contribution in [0.1, 0.15) is 37.8 Å². The molecule has 3 heteroatoms. The van der Waals surface area contributed by atoms with Crippen molar-refractivity contribution in [1.82, 2.24) is 15.1 Å². The summed E-state index contributed by atoms with van der Waals surface area (Å²) in [7, 11) is 0. The maximum absolute atomic E-state index is 3.64. The van der Waals surface area contributed by atoms with Crippen LogP contribution in [-0.2, 0) is 0 Å². The van der Waals surface area contributed by atoms with E-state index in [0.717, 1.165) is 12.6 Å². The number of rotatable bonds is 7. The van der Waals surface area contributed by atoms with Gasteiger partial charge in [-0.25, -0.2) is 0 Å². The fourth-order valence-electron chi connectivity index (χ4n) is 3.42. The van der Waals surface area contributed by atoms with Crippen molar-refractivity contribution in [2.45, 2.75) is 38.3 Å². The van der Waals surface area contributed by atoms with Gasteiger partial charge in [-0.3, -0.25) is 4.90 Å². The quantitative estimate of drug-likeness (QED) is 0.831. The molecule has 1 saturated heterocycles. The summed E-state index contributed by atoms with van der Waals surface area (Å²) in [6, 6.07) is 12.3. The Hall–Kier alpha value is -0.900. The maximum Gasteiger partial charge on any atom is 0.0332 e. The second kappa shape index (κ2) is 7.39. The average molecular weight is 287 g/mol. The lowest BCUT2D eigenvalue weighted by molar-refractivity contribution is 0.123. The van der Waals surface area contributed by atoms with Gasteiger partial charge in [-0.05, 0) is 31.4 Å². The molecule has 0 aromatic heterocycles. The zero-order chi connectivity index (χ0) is 14.5. The molecule has 1 atom stereocenters. The molecule has 0 amide bonds. The van der Waals surface area contributed by atoms with Crippen LogP contribution in [0.5, 0.6) is 0 Å². The molecule has 1 aromatic rings. The van der Waals surface area contributed by atoms with Crippen LogP contribution in [0.15, 0.2) is 30.3 Å². The lowest BCUT2D eigenvalue weighted by Crippen LogP contribution is -2.47. The second-order valence-corrected chi connectivity index (χ2v) is 6.42. The molecule has 21 heavy (non-hydrogen) atoms. The van der Waals surface area contributed by atoms with Crippen LogP contribution in [-0.4, -0.2) is 55.1 Å². The summed E-state index contributed by atoms with van der Waals surface area (Å²) in [4.78, 5) is 5.33. The molecule has 1 aromatic carbocycles. The SMILES string of the molecule is CCNC(CCN1CCN(C2CC2)CC1)c1ccccc1. The standard InChI is InChI=1S/C18H29N3/c1-2-19-18(16-6-4-3-5-7-16)10-11-20-12-14-21(15-13-20)17-8-9-17/h3-7,17-19H,2,8-15H2,1H3. The minimum absolute atomic E-state index is 0.498. The van der Waals surface area contributed by atoms with Gasteiger partial charge in [0.05, 0.1) is 0 Å². The van der Waals surface area contributed by atoms with Gasteiger partial charge in [0.2, 0.25) is 0 Å². The molecule has 116 valence electrons. The number of nitrogens with zero attached hydrogens (tertiary/aromatic N) is 2. The normalized spacial score (nSPS) is 22.3. The van der Waals surface area contributed by atoms with Crippen molar-refractivity contribution < 1.29 is 0 Å². The first-order chi connectivity index (χ1) is 10.4. The number of hydrogen-bond acceptors (Lipinski definition) is 3. The molecule has 1 aliphatic heterocycles. The van der Waals surface area contributed by atoms with Gasteiger partial charge in [-0.15, -0.1) is 0 Å². The highest BCUT2D eigenvalue weighted by Gasteiger charge is 2.31. The van der Waals surface area contributed by atoms with Crippen LogP contribution in [0.2, 0.25) is 0 Å². The van der Waals surface area contributed by atoms with E-state index in [1.807, 2.05) is 0 Å². The van der Waals surface area contributed by atoms with Gasteiger partial charge in [-0.1, -0.05) is 37.3 Å². The Labute approximate surface area is 129 Å². The van der Waals surface area contributed by atoms with Crippen molar-refractivity contribution in [3.8, 4) is 0 Å². The molecule has 1 saturated carbocycles. The van der Waals surface area contributed by atoms with Gasteiger partial charge in [0.1, 0.15) is 0 Å². The van der Waals surface area contributed by atoms with Gasteiger partial charge in [0.15, 0.2) is 0 Å². The highest BCUT2D eigenvalue weighted by Crippen LogP contribution is 2.27. The highest BCUT2D eigenvalue weighted by atomic mass is 15.3. The van der Waals surface area contributed by atoms with Gasteiger partial charge in [-0.2, -0.15) is 0 Å². The van der Waals surface area contributed by atoms with Gasteiger partial charge in [0, 0.05) is 44.8 Å². The number of benzene rings is 1. The van der Waals surface area contributed by atoms with Gasteiger partial charge < -0.3 is 10.2 Å². The fourth-order valence-corrected chi connectivity index (χ4v) is 3.42. The molecule has 0 bridgehead atoms. The lowest BCUT2D eigenvalue weighted by atomic mass is 10.0. The van der Waals surface area contributed by atoms with E-state index < -0.39 is 0 Å². The molecular weight excluding hydrogens is 258 g/mol. The van der Waals surface area contributed by atoms with Gasteiger partial charge >= 0.3 is 0 Å².